The molecule has 0 aromatic heterocycles. The molecule has 2 amide bonds. The Bertz CT molecular complexity index is 953. The van der Waals surface area contributed by atoms with Crippen molar-refractivity contribution in [1.82, 2.24) is 10.2 Å². The summed E-state index contributed by atoms with van der Waals surface area (Å²) in [5, 5.41) is 2.44. The Morgan fingerprint density at radius 3 is 2.26 bits per heavy atom. The van der Waals surface area contributed by atoms with Gasteiger partial charge in [-0.25, -0.2) is 8.42 Å². The number of carbonyl (C=O) groups excluding carboxylic acids is 2. The van der Waals surface area contributed by atoms with Crippen LogP contribution in [0.25, 0.3) is 0 Å². The topological polar surface area (TPSA) is 95.6 Å². The molecule has 0 aliphatic rings. The molecular weight excluding hydrogens is 366 g/mol. The van der Waals surface area contributed by atoms with Gasteiger partial charge in [-0.2, -0.15) is 0 Å². The van der Waals surface area contributed by atoms with Gasteiger partial charge in [0, 0.05) is 19.7 Å². The number of nitrogens with zero attached hydrogens (tertiary/aromatic N) is 1. The van der Waals surface area contributed by atoms with E-state index in [0.717, 1.165) is 11.1 Å². The minimum atomic E-state index is -3.78. The molecule has 2 aromatic rings. The van der Waals surface area contributed by atoms with Gasteiger partial charge in [-0.05, 0) is 55.3 Å². The molecule has 0 bridgehead atoms. The molecule has 0 heterocycles. The van der Waals surface area contributed by atoms with Crippen LogP contribution in [0.4, 0.5) is 5.69 Å². The Labute approximate surface area is 159 Å². The van der Waals surface area contributed by atoms with Crippen molar-refractivity contribution in [2.24, 2.45) is 0 Å². The number of nitrogens with one attached hydrogen (secondary N) is 2. The van der Waals surface area contributed by atoms with Crippen LogP contribution in [-0.4, -0.2) is 45.8 Å². The number of hydrogen-bond acceptors (Lipinski definition) is 4. The van der Waals surface area contributed by atoms with E-state index in [2.05, 4.69) is 10.0 Å². The average Bonchev–Trinajstić information content (AvgIpc) is 2.64. The highest BCUT2D eigenvalue weighted by Crippen LogP contribution is 2.22. The lowest BCUT2D eigenvalue weighted by Crippen LogP contribution is -2.36. The van der Waals surface area contributed by atoms with E-state index in [4.69, 9.17) is 0 Å². The third-order valence-electron chi connectivity index (χ3n) is 4.27. The molecule has 0 aliphatic heterocycles. The summed E-state index contributed by atoms with van der Waals surface area (Å²) in [7, 11) is -0.784. The molecule has 2 aromatic carbocycles. The summed E-state index contributed by atoms with van der Waals surface area (Å²) >= 11 is 0. The van der Waals surface area contributed by atoms with E-state index in [0.29, 0.717) is 11.3 Å². The van der Waals surface area contributed by atoms with Gasteiger partial charge in [0.1, 0.15) is 0 Å². The Kier molecular flexibility index (Phi) is 6.22. The van der Waals surface area contributed by atoms with Gasteiger partial charge in [-0.3, -0.25) is 14.3 Å². The van der Waals surface area contributed by atoms with Gasteiger partial charge in [-0.1, -0.05) is 12.1 Å². The van der Waals surface area contributed by atoms with Gasteiger partial charge < -0.3 is 10.2 Å². The molecule has 0 fully saturated rings. The molecule has 0 unspecified atom stereocenters. The summed E-state index contributed by atoms with van der Waals surface area (Å²) in [6.45, 7) is 3.67. The van der Waals surface area contributed by atoms with Crippen LogP contribution in [0.15, 0.2) is 47.4 Å². The van der Waals surface area contributed by atoms with Crippen molar-refractivity contribution in [3.8, 4) is 0 Å². The maximum atomic E-state index is 12.6. The SMILES string of the molecule is CNC(=O)CN(C)C(=O)c1ccc(S(=O)(=O)Nc2cccc(C)c2C)cc1. The van der Waals surface area contributed by atoms with E-state index in [9.17, 15) is 18.0 Å². The van der Waals surface area contributed by atoms with Crippen molar-refractivity contribution in [3.63, 3.8) is 0 Å². The highest BCUT2D eigenvalue weighted by Gasteiger charge is 2.18. The van der Waals surface area contributed by atoms with E-state index in [1.54, 1.807) is 12.1 Å². The largest absolute Gasteiger partial charge is 0.358 e. The number of likely N-dealkylation sites (N-methyl/N-ethyl adjacent to an activating group) is 2. The fourth-order valence-electron chi connectivity index (χ4n) is 2.43. The van der Waals surface area contributed by atoms with Gasteiger partial charge in [0.2, 0.25) is 5.91 Å². The van der Waals surface area contributed by atoms with Gasteiger partial charge >= 0.3 is 0 Å². The first-order chi connectivity index (χ1) is 12.7. The first-order valence-electron chi connectivity index (χ1n) is 8.31. The number of benzene rings is 2. The molecule has 2 rings (SSSR count). The van der Waals surface area contributed by atoms with Gasteiger partial charge in [-0.15, -0.1) is 0 Å². The zero-order valence-corrected chi connectivity index (χ0v) is 16.6. The fraction of sp³-hybridized carbons (Fsp3) is 0.263. The average molecular weight is 389 g/mol. The Balaban J connectivity index is 2.19. The third-order valence-corrected chi connectivity index (χ3v) is 5.65. The van der Waals surface area contributed by atoms with Crippen LogP contribution in [0.3, 0.4) is 0 Å². The van der Waals surface area contributed by atoms with Crippen LogP contribution in [0, 0.1) is 13.8 Å². The van der Waals surface area contributed by atoms with E-state index in [1.807, 2.05) is 19.9 Å². The number of sulfonamides is 1. The molecule has 0 saturated heterocycles. The molecule has 8 heteroatoms. The number of hydrogen-bond donors (Lipinski definition) is 2. The summed E-state index contributed by atoms with van der Waals surface area (Å²) in [5.41, 5.74) is 2.64. The lowest BCUT2D eigenvalue weighted by molar-refractivity contribution is -0.121. The summed E-state index contributed by atoms with van der Waals surface area (Å²) in [4.78, 5) is 25.0. The number of aryl methyl sites for hydroxylation is 1. The molecular formula is C19H23N3O4S. The Hall–Kier alpha value is -2.87. The maximum Gasteiger partial charge on any atom is 0.261 e. The van der Waals surface area contributed by atoms with Crippen LogP contribution in [0.1, 0.15) is 21.5 Å². The van der Waals surface area contributed by atoms with E-state index < -0.39 is 10.0 Å². The van der Waals surface area contributed by atoms with Crippen molar-refractivity contribution >= 4 is 27.5 Å². The molecule has 0 radical (unpaired) electrons. The van der Waals surface area contributed by atoms with Crippen LogP contribution in [-0.2, 0) is 14.8 Å². The van der Waals surface area contributed by atoms with E-state index in [-0.39, 0.29) is 23.3 Å². The molecule has 0 saturated carbocycles. The van der Waals surface area contributed by atoms with Crippen LogP contribution in [0.5, 0.6) is 0 Å². The van der Waals surface area contributed by atoms with E-state index in [1.165, 1.54) is 43.3 Å². The van der Waals surface area contributed by atoms with Crippen LogP contribution >= 0.6 is 0 Å². The number of carbonyl (C=O) groups is 2. The van der Waals surface area contributed by atoms with Crippen LogP contribution < -0.4 is 10.0 Å². The number of amides is 2. The van der Waals surface area contributed by atoms with Crippen molar-refractivity contribution in [3.05, 3.63) is 59.2 Å². The van der Waals surface area contributed by atoms with Gasteiger partial charge in [0.15, 0.2) is 0 Å². The molecule has 144 valence electrons. The molecule has 7 nitrogen and oxygen atoms in total. The monoisotopic (exact) mass is 389 g/mol. The predicted molar refractivity (Wildman–Crippen MR) is 104 cm³/mol. The van der Waals surface area contributed by atoms with Gasteiger partial charge in [0.05, 0.1) is 17.1 Å². The molecule has 0 atom stereocenters. The molecule has 2 N–H and O–H groups in total. The highest BCUT2D eigenvalue weighted by atomic mass is 32.2. The minimum Gasteiger partial charge on any atom is -0.358 e. The summed E-state index contributed by atoms with van der Waals surface area (Å²) in [6, 6.07) is 11.0. The van der Waals surface area contributed by atoms with Crippen molar-refractivity contribution < 1.29 is 18.0 Å². The van der Waals surface area contributed by atoms with Crippen LogP contribution in [0.2, 0.25) is 0 Å². The zero-order valence-electron chi connectivity index (χ0n) is 15.7. The first kappa shape index (κ1) is 20.4. The summed E-state index contributed by atoms with van der Waals surface area (Å²) < 4.78 is 27.8. The van der Waals surface area contributed by atoms with Crippen molar-refractivity contribution in [2.45, 2.75) is 18.7 Å². The lowest BCUT2D eigenvalue weighted by Gasteiger charge is -2.16. The highest BCUT2D eigenvalue weighted by molar-refractivity contribution is 7.92. The maximum absolute atomic E-state index is 12.6. The fourth-order valence-corrected chi connectivity index (χ4v) is 3.55. The Morgan fingerprint density at radius 2 is 1.67 bits per heavy atom. The standard InChI is InChI=1S/C19H23N3O4S/c1-13-6-5-7-17(14(13)2)21-27(25,26)16-10-8-15(9-11-16)19(24)22(4)12-18(23)20-3/h5-11,21H,12H2,1-4H3,(H,20,23). The molecule has 27 heavy (non-hydrogen) atoms. The summed E-state index contributed by atoms with van der Waals surface area (Å²) in [6.07, 6.45) is 0. The number of anilines is 1. The second kappa shape index (κ2) is 8.22. The number of rotatable bonds is 6. The van der Waals surface area contributed by atoms with Gasteiger partial charge in [0.25, 0.3) is 15.9 Å². The minimum absolute atomic E-state index is 0.0499. The first-order valence-corrected chi connectivity index (χ1v) is 9.79. The zero-order chi connectivity index (χ0) is 20.2. The summed E-state index contributed by atoms with van der Waals surface area (Å²) in [5.74, 6) is -0.659. The van der Waals surface area contributed by atoms with Crippen molar-refractivity contribution in [2.75, 3.05) is 25.4 Å². The van der Waals surface area contributed by atoms with E-state index >= 15 is 0 Å². The predicted octanol–water partition coefficient (Wildman–Crippen LogP) is 1.92. The lowest BCUT2D eigenvalue weighted by atomic mass is 10.1. The quantitative estimate of drug-likeness (QED) is 0.789. The normalized spacial score (nSPS) is 11.0. The second-order valence-corrected chi connectivity index (χ2v) is 7.89. The second-order valence-electron chi connectivity index (χ2n) is 6.21. The third kappa shape index (κ3) is 4.85. The smallest absolute Gasteiger partial charge is 0.261 e. The molecule has 0 spiro atoms. The van der Waals surface area contributed by atoms with Crippen molar-refractivity contribution in [1.29, 1.82) is 0 Å². The molecule has 0 aliphatic carbocycles. The Morgan fingerprint density at radius 1 is 1.04 bits per heavy atom.